The van der Waals surface area contributed by atoms with Crippen molar-refractivity contribution in [1.29, 1.82) is 0 Å². The molecule has 1 heterocycles. The molecule has 2 aromatic rings. The Kier molecular flexibility index (Phi) is 6.53. The topological polar surface area (TPSA) is 52.6 Å². The highest BCUT2D eigenvalue weighted by atomic mass is 32.2. The van der Waals surface area contributed by atoms with E-state index < -0.39 is 26.5 Å². The standard InChI is InChI=1S/C26H40O4SSi2/c1-25(2,3)32(7,8)29-21-13-11-19-17-31(27,28)18-20-12-14-22(16-24(20)23(19)15-21)30-33(9,10)26(4,5)6/h11-16H,17-18H2,1-10H3. The summed E-state index contributed by atoms with van der Waals surface area (Å²) in [6.45, 7) is 22.2. The fourth-order valence-electron chi connectivity index (χ4n) is 3.41. The fourth-order valence-corrected chi connectivity index (χ4v) is 7.01. The molecule has 0 saturated carbocycles. The van der Waals surface area contributed by atoms with Crippen LogP contribution in [0.2, 0.25) is 36.3 Å². The van der Waals surface area contributed by atoms with Crippen molar-refractivity contribution in [2.24, 2.45) is 0 Å². The van der Waals surface area contributed by atoms with Gasteiger partial charge in [0.15, 0.2) is 9.84 Å². The molecular weight excluding hydrogens is 465 g/mol. The maximum Gasteiger partial charge on any atom is 0.250 e. The van der Waals surface area contributed by atoms with Gasteiger partial charge in [-0.25, -0.2) is 8.42 Å². The Morgan fingerprint density at radius 3 is 1.30 bits per heavy atom. The molecule has 1 aliphatic heterocycles. The SMILES string of the molecule is CC(C)(C)[Si](C)(C)Oc1ccc2c(c1)-c1cc(O[Si](C)(C)C(C)(C)C)ccc1CS(=O)(=O)C2. The molecule has 0 atom stereocenters. The minimum absolute atomic E-state index is 0.0375. The number of hydrogen-bond acceptors (Lipinski definition) is 4. The summed E-state index contributed by atoms with van der Waals surface area (Å²) < 4.78 is 38.8. The zero-order valence-electron chi connectivity index (χ0n) is 21.9. The van der Waals surface area contributed by atoms with Gasteiger partial charge in [-0.05, 0) is 82.8 Å². The first-order valence-electron chi connectivity index (χ1n) is 11.7. The van der Waals surface area contributed by atoms with Gasteiger partial charge in [-0.15, -0.1) is 0 Å². The highest BCUT2D eigenvalue weighted by Crippen LogP contribution is 2.43. The van der Waals surface area contributed by atoms with Crippen LogP contribution < -0.4 is 8.85 Å². The predicted molar refractivity (Wildman–Crippen MR) is 144 cm³/mol. The molecule has 33 heavy (non-hydrogen) atoms. The van der Waals surface area contributed by atoms with Crippen molar-refractivity contribution in [3.63, 3.8) is 0 Å². The number of rotatable bonds is 4. The van der Waals surface area contributed by atoms with Gasteiger partial charge in [0.1, 0.15) is 11.5 Å². The summed E-state index contributed by atoms with van der Waals surface area (Å²) in [6.07, 6.45) is 0. The first-order valence-corrected chi connectivity index (χ1v) is 19.3. The van der Waals surface area contributed by atoms with Crippen LogP contribution in [0.3, 0.4) is 0 Å². The molecule has 1 aliphatic rings. The molecular formula is C26H40O4SSi2. The molecule has 0 radical (unpaired) electrons. The highest BCUT2D eigenvalue weighted by Gasteiger charge is 2.40. The third kappa shape index (κ3) is 5.57. The summed E-state index contributed by atoms with van der Waals surface area (Å²) >= 11 is 0. The molecule has 0 unspecified atom stereocenters. The Bertz CT molecular complexity index is 1070. The molecule has 0 spiro atoms. The first-order chi connectivity index (χ1) is 14.8. The lowest BCUT2D eigenvalue weighted by Crippen LogP contribution is -2.43. The summed E-state index contributed by atoms with van der Waals surface area (Å²) in [5.41, 5.74) is 3.51. The van der Waals surface area contributed by atoms with E-state index in [1.54, 1.807) is 0 Å². The Hall–Kier alpha value is -1.58. The zero-order valence-corrected chi connectivity index (χ0v) is 24.7. The molecule has 0 aromatic heterocycles. The van der Waals surface area contributed by atoms with Crippen LogP contribution in [-0.2, 0) is 21.3 Å². The van der Waals surface area contributed by atoms with Crippen LogP contribution in [0.15, 0.2) is 36.4 Å². The molecule has 2 aromatic carbocycles. The van der Waals surface area contributed by atoms with Gasteiger partial charge in [0, 0.05) is 0 Å². The van der Waals surface area contributed by atoms with Gasteiger partial charge in [0.25, 0.3) is 0 Å². The van der Waals surface area contributed by atoms with E-state index in [9.17, 15) is 8.42 Å². The minimum Gasteiger partial charge on any atom is -0.543 e. The molecule has 0 N–H and O–H groups in total. The van der Waals surface area contributed by atoms with Crippen LogP contribution in [0.5, 0.6) is 11.5 Å². The second-order valence-corrected chi connectivity index (χ2v) is 23.9. The molecule has 0 bridgehead atoms. The van der Waals surface area contributed by atoms with Gasteiger partial charge in [-0.3, -0.25) is 0 Å². The second kappa shape index (κ2) is 8.27. The number of benzene rings is 2. The average molecular weight is 505 g/mol. The van der Waals surface area contributed by atoms with Crippen LogP contribution in [0.25, 0.3) is 11.1 Å². The Morgan fingerprint density at radius 2 is 1.00 bits per heavy atom. The second-order valence-electron chi connectivity index (χ2n) is 12.4. The van der Waals surface area contributed by atoms with E-state index in [4.69, 9.17) is 8.85 Å². The number of fused-ring (bicyclic) bond motifs is 3. The normalized spacial score (nSPS) is 16.4. The van der Waals surface area contributed by atoms with Crippen molar-refractivity contribution < 1.29 is 17.3 Å². The summed E-state index contributed by atoms with van der Waals surface area (Å²) in [5.74, 6) is 1.69. The van der Waals surface area contributed by atoms with E-state index in [1.807, 2.05) is 36.4 Å². The zero-order chi connectivity index (χ0) is 25.0. The minimum atomic E-state index is -3.25. The molecule has 4 nitrogen and oxygen atoms in total. The third-order valence-electron chi connectivity index (χ3n) is 7.56. The molecule has 7 heteroatoms. The van der Waals surface area contributed by atoms with Gasteiger partial charge >= 0.3 is 0 Å². The largest absolute Gasteiger partial charge is 0.543 e. The monoisotopic (exact) mass is 504 g/mol. The summed E-state index contributed by atoms with van der Waals surface area (Å²) in [4.78, 5) is 0. The van der Waals surface area contributed by atoms with Crippen molar-refractivity contribution in [3.05, 3.63) is 47.5 Å². The molecule has 0 fully saturated rings. The van der Waals surface area contributed by atoms with Crippen molar-refractivity contribution in [2.45, 2.75) is 89.3 Å². The van der Waals surface area contributed by atoms with E-state index in [0.717, 1.165) is 33.8 Å². The molecule has 3 rings (SSSR count). The van der Waals surface area contributed by atoms with Crippen LogP contribution >= 0.6 is 0 Å². The Morgan fingerprint density at radius 1 is 0.667 bits per heavy atom. The number of sulfone groups is 1. The Labute approximate surface area is 202 Å². The fraction of sp³-hybridized carbons (Fsp3) is 0.538. The number of hydrogen-bond donors (Lipinski definition) is 0. The highest BCUT2D eigenvalue weighted by molar-refractivity contribution is 7.89. The van der Waals surface area contributed by atoms with E-state index in [1.165, 1.54) is 0 Å². The lowest BCUT2D eigenvalue weighted by molar-refractivity contribution is 0.491. The smallest absolute Gasteiger partial charge is 0.250 e. The Balaban J connectivity index is 2.12. The van der Waals surface area contributed by atoms with Crippen molar-refractivity contribution in [1.82, 2.24) is 0 Å². The molecule has 0 amide bonds. The van der Waals surface area contributed by atoms with Gasteiger partial charge in [-0.1, -0.05) is 53.7 Å². The summed E-state index contributed by atoms with van der Waals surface area (Å²) in [5, 5.41) is 0.149. The van der Waals surface area contributed by atoms with Crippen molar-refractivity contribution in [3.8, 4) is 22.6 Å². The quantitative estimate of drug-likeness (QED) is 0.403. The van der Waals surface area contributed by atoms with Gasteiger partial charge in [0.05, 0.1) is 11.5 Å². The third-order valence-corrected chi connectivity index (χ3v) is 17.8. The lowest BCUT2D eigenvalue weighted by atomic mass is 9.96. The summed E-state index contributed by atoms with van der Waals surface area (Å²) in [6, 6.07) is 11.8. The van der Waals surface area contributed by atoms with Gasteiger partial charge in [0.2, 0.25) is 16.6 Å². The predicted octanol–water partition coefficient (Wildman–Crippen LogP) is 7.55. The van der Waals surface area contributed by atoms with Crippen molar-refractivity contribution in [2.75, 3.05) is 0 Å². The maximum absolute atomic E-state index is 12.8. The van der Waals surface area contributed by atoms with E-state index in [0.29, 0.717) is 0 Å². The average Bonchev–Trinajstić information content (AvgIpc) is 2.72. The van der Waals surface area contributed by atoms with E-state index in [-0.39, 0.29) is 21.6 Å². The van der Waals surface area contributed by atoms with E-state index >= 15 is 0 Å². The lowest BCUT2D eigenvalue weighted by Gasteiger charge is -2.37. The van der Waals surface area contributed by atoms with Gasteiger partial charge < -0.3 is 8.85 Å². The van der Waals surface area contributed by atoms with Crippen LogP contribution in [-0.4, -0.2) is 25.1 Å². The van der Waals surface area contributed by atoms with Crippen LogP contribution in [0.4, 0.5) is 0 Å². The van der Waals surface area contributed by atoms with Crippen LogP contribution in [0.1, 0.15) is 52.7 Å². The first kappa shape index (κ1) is 26.0. The van der Waals surface area contributed by atoms with Gasteiger partial charge in [-0.2, -0.15) is 0 Å². The molecule has 182 valence electrons. The molecule has 0 saturated heterocycles. The van der Waals surface area contributed by atoms with E-state index in [2.05, 4.69) is 67.7 Å². The van der Waals surface area contributed by atoms with Crippen molar-refractivity contribution >= 4 is 26.5 Å². The van der Waals surface area contributed by atoms with Crippen LogP contribution in [0, 0.1) is 0 Å². The summed E-state index contributed by atoms with van der Waals surface area (Å²) in [7, 11) is -7.30. The molecule has 0 aliphatic carbocycles. The maximum atomic E-state index is 12.8.